The van der Waals surface area contributed by atoms with E-state index in [9.17, 15) is 71.5 Å². The number of benzene rings is 1. The van der Waals surface area contributed by atoms with Gasteiger partial charge in [-0.2, -0.15) is 8.78 Å². The summed E-state index contributed by atoms with van der Waals surface area (Å²) in [5.74, 6) is -15.2. The largest absolute Gasteiger partial charge is 0.480 e. The normalized spacial score (nSPS) is 15.4. The number of hydrogen-bond donors (Lipinski definition) is 4. The number of aliphatic carboxylic acids is 4. The molecule has 422 valence electrons. The number of carboxylic acid groups (broad SMARTS) is 4. The molecule has 2 unspecified atom stereocenters. The first kappa shape index (κ1) is 65.0. The molecule has 1 aromatic carbocycles. The zero-order valence-electron chi connectivity index (χ0n) is 42.5. The zero-order valence-corrected chi connectivity index (χ0v) is 42.5. The van der Waals surface area contributed by atoms with Crippen LogP contribution in [0.5, 0.6) is 5.75 Å². The Morgan fingerprint density at radius 2 is 1.08 bits per heavy atom. The van der Waals surface area contributed by atoms with E-state index in [0.717, 1.165) is 0 Å². The van der Waals surface area contributed by atoms with Gasteiger partial charge in [-0.15, -0.1) is 0 Å². The molecule has 1 fully saturated rings. The summed E-state index contributed by atoms with van der Waals surface area (Å²) in [6.45, 7) is 7.40. The van der Waals surface area contributed by atoms with Crippen LogP contribution in [0.2, 0.25) is 0 Å². The third-order valence-corrected chi connectivity index (χ3v) is 11.6. The lowest BCUT2D eigenvalue weighted by Crippen LogP contribution is -2.52. The number of rotatable bonds is 36. The topological polar surface area (TPSA) is 275 Å². The van der Waals surface area contributed by atoms with Crippen molar-refractivity contribution in [3.63, 3.8) is 0 Å². The molecule has 2 rings (SSSR count). The Labute approximate surface area is 428 Å². The molecule has 2 amide bonds. The highest BCUT2D eigenvalue weighted by Crippen LogP contribution is 2.27. The first-order valence-electron chi connectivity index (χ1n) is 24.6. The van der Waals surface area contributed by atoms with Crippen molar-refractivity contribution in [2.24, 2.45) is 0 Å². The van der Waals surface area contributed by atoms with Gasteiger partial charge in [-0.25, -0.2) is 8.78 Å². The maximum absolute atomic E-state index is 14.0. The number of nitrogens with zero attached hydrogens (tertiary/aromatic N) is 6. The van der Waals surface area contributed by atoms with Crippen LogP contribution >= 0.6 is 0 Å². The first-order chi connectivity index (χ1) is 35.3. The molecule has 74 heavy (non-hydrogen) atoms. The number of ether oxygens (including phenoxy) is 6. The van der Waals surface area contributed by atoms with Crippen LogP contribution in [0.15, 0.2) is 6.07 Å². The molecule has 0 radical (unpaired) electrons. The Balaban J connectivity index is 2.01. The van der Waals surface area contributed by atoms with E-state index in [2.05, 4.69) is 4.74 Å². The second-order valence-electron chi connectivity index (χ2n) is 16.9. The Morgan fingerprint density at radius 1 is 0.595 bits per heavy atom. The van der Waals surface area contributed by atoms with Gasteiger partial charge in [0.15, 0.2) is 17.9 Å². The molecular formula is C47H74F4N6O17. The summed E-state index contributed by atoms with van der Waals surface area (Å²) in [7, 11) is 0. The van der Waals surface area contributed by atoms with E-state index in [0.29, 0.717) is 19.8 Å². The summed E-state index contributed by atoms with van der Waals surface area (Å²) < 4.78 is 87.8. The number of carbonyl (C=O) groups is 7. The molecule has 27 heteroatoms. The van der Waals surface area contributed by atoms with Gasteiger partial charge >= 0.3 is 29.8 Å². The number of esters is 1. The molecule has 0 aromatic heterocycles. The van der Waals surface area contributed by atoms with Crippen molar-refractivity contribution in [3.05, 3.63) is 29.3 Å². The number of carbonyl (C=O) groups excluding carboxylic acids is 3. The summed E-state index contributed by atoms with van der Waals surface area (Å²) >= 11 is 0. The fourth-order valence-electron chi connectivity index (χ4n) is 7.70. The molecule has 0 aliphatic carbocycles. The Hall–Kier alpha value is -5.13. The van der Waals surface area contributed by atoms with Gasteiger partial charge in [0.05, 0.1) is 72.5 Å². The Kier molecular flexibility index (Phi) is 32.3. The van der Waals surface area contributed by atoms with Crippen molar-refractivity contribution < 1.29 is 100.0 Å². The minimum atomic E-state index is -1.86. The fraction of sp³-hybridized carbons (Fsp3) is 0.723. The lowest BCUT2D eigenvalue weighted by Gasteiger charge is -2.35. The van der Waals surface area contributed by atoms with Gasteiger partial charge in [-0.05, 0) is 40.0 Å². The number of carboxylic acids is 4. The van der Waals surface area contributed by atoms with Crippen LogP contribution in [0.3, 0.4) is 0 Å². The van der Waals surface area contributed by atoms with Crippen LogP contribution in [0, 0.1) is 23.3 Å². The number of hydrogen-bond acceptors (Lipinski definition) is 17. The van der Waals surface area contributed by atoms with Gasteiger partial charge in [-0.1, -0.05) is 0 Å². The van der Waals surface area contributed by atoms with E-state index in [4.69, 9.17) is 23.7 Å². The predicted molar refractivity (Wildman–Crippen MR) is 253 cm³/mol. The van der Waals surface area contributed by atoms with Crippen LogP contribution in [0.25, 0.3) is 0 Å². The monoisotopic (exact) mass is 1070 g/mol. The molecule has 23 nitrogen and oxygen atoms in total. The van der Waals surface area contributed by atoms with E-state index in [1.54, 1.807) is 33.4 Å². The summed E-state index contributed by atoms with van der Waals surface area (Å²) in [5.41, 5.74) is 0. The maximum Gasteiger partial charge on any atom is 0.320 e. The molecule has 4 N–H and O–H groups in total. The van der Waals surface area contributed by atoms with Crippen LogP contribution < -0.4 is 4.74 Å². The third kappa shape index (κ3) is 25.9. The maximum atomic E-state index is 14.0. The average molecular weight is 1070 g/mol. The molecular weight excluding hydrogens is 997 g/mol. The highest BCUT2D eigenvalue weighted by molar-refractivity contribution is 5.79. The summed E-state index contributed by atoms with van der Waals surface area (Å²) in [4.78, 5) is 96.0. The van der Waals surface area contributed by atoms with Gasteiger partial charge in [0, 0.05) is 104 Å². The molecule has 1 saturated heterocycles. The Bertz CT molecular complexity index is 1850. The molecule has 0 saturated carbocycles. The van der Waals surface area contributed by atoms with Crippen molar-refractivity contribution in [1.82, 2.24) is 29.4 Å². The van der Waals surface area contributed by atoms with E-state index >= 15 is 0 Å². The lowest BCUT2D eigenvalue weighted by atomic mass is 10.1. The standard InChI is InChI=1S/C47H74F4N6O17/c1-4-55(37(58)12-11-36(47(67)68)56-19-17-53(31-41(62)63)15-13-52(30-40(60)61)14-16-54(18-20-56)32-42(64)65)21-22-70-27-28-73-39(33-72-26-25-71-24-23-69-6-3)57(5-2)38(59)9-7-8-10-43(66)74-46-44(50)34(48)29-35(49)45(46)51/h29,36,39H,4-28,30-33H2,1-3H3,(H,60,61)(H,62,63)(H,64,65)(H,67,68). The van der Waals surface area contributed by atoms with Crippen LogP contribution in [-0.4, -0.2) is 255 Å². The zero-order chi connectivity index (χ0) is 55.0. The molecule has 0 spiro atoms. The van der Waals surface area contributed by atoms with E-state index in [1.807, 2.05) is 6.92 Å². The van der Waals surface area contributed by atoms with E-state index < -0.39 is 77.6 Å². The molecule has 0 bridgehead atoms. The predicted octanol–water partition coefficient (Wildman–Crippen LogP) is 1.54. The highest BCUT2D eigenvalue weighted by Gasteiger charge is 2.30. The number of likely N-dealkylation sites (N-methyl/N-ethyl adjacent to an activating group) is 2. The second-order valence-corrected chi connectivity index (χ2v) is 16.9. The van der Waals surface area contributed by atoms with Crippen molar-refractivity contribution in [2.45, 2.75) is 71.6 Å². The number of amides is 2. The number of halogens is 4. The molecule has 1 aromatic rings. The summed E-state index contributed by atoms with van der Waals surface area (Å²) in [6, 6.07) is -1.21. The van der Waals surface area contributed by atoms with Crippen LogP contribution in [0.4, 0.5) is 17.6 Å². The third-order valence-electron chi connectivity index (χ3n) is 11.6. The van der Waals surface area contributed by atoms with Crippen molar-refractivity contribution >= 4 is 41.7 Å². The SMILES string of the molecule is CCOCCOCCOCC(OCCOCCN(CC)C(=O)CCC(C(=O)O)N1CCN(CC(=O)O)CCN(CC(=O)O)CCN(CC(=O)O)CC1)N(CC)C(=O)CCCCC(=O)Oc1c(F)c(F)cc(F)c1F. The quantitative estimate of drug-likeness (QED) is 0.0185. The fourth-order valence-corrected chi connectivity index (χ4v) is 7.70. The van der Waals surface area contributed by atoms with Gasteiger partial charge in [0.1, 0.15) is 6.04 Å². The summed E-state index contributed by atoms with van der Waals surface area (Å²) in [5, 5.41) is 38.9. The molecule has 1 aliphatic rings. The van der Waals surface area contributed by atoms with Gasteiger partial charge in [-0.3, -0.25) is 53.2 Å². The molecule has 2 atom stereocenters. The van der Waals surface area contributed by atoms with Crippen LogP contribution in [0.1, 0.15) is 59.3 Å². The van der Waals surface area contributed by atoms with Gasteiger partial charge in [0.25, 0.3) is 0 Å². The minimum Gasteiger partial charge on any atom is -0.480 e. The van der Waals surface area contributed by atoms with Crippen molar-refractivity contribution in [3.8, 4) is 5.75 Å². The number of unbranched alkanes of at least 4 members (excludes halogenated alkanes) is 1. The van der Waals surface area contributed by atoms with E-state index in [1.165, 1.54) is 9.80 Å². The Morgan fingerprint density at radius 3 is 1.58 bits per heavy atom. The van der Waals surface area contributed by atoms with Crippen molar-refractivity contribution in [2.75, 3.05) is 151 Å². The highest BCUT2D eigenvalue weighted by atomic mass is 19.2. The van der Waals surface area contributed by atoms with Crippen molar-refractivity contribution in [1.29, 1.82) is 0 Å². The molecule has 1 heterocycles. The minimum absolute atomic E-state index is 0.0177. The smallest absolute Gasteiger partial charge is 0.320 e. The summed E-state index contributed by atoms with van der Waals surface area (Å²) in [6.07, 6.45) is -1.56. The van der Waals surface area contributed by atoms with Crippen LogP contribution in [-0.2, 0) is 57.2 Å². The van der Waals surface area contributed by atoms with Gasteiger partial charge < -0.3 is 58.6 Å². The first-order valence-corrected chi connectivity index (χ1v) is 24.6. The molecule has 1 aliphatic heterocycles. The lowest BCUT2D eigenvalue weighted by molar-refractivity contribution is -0.156. The van der Waals surface area contributed by atoms with E-state index in [-0.39, 0.29) is 181 Å². The average Bonchev–Trinajstić information content (AvgIpc) is 3.34. The van der Waals surface area contributed by atoms with Gasteiger partial charge in [0.2, 0.25) is 29.2 Å². The second kappa shape index (κ2) is 36.8.